The van der Waals surface area contributed by atoms with E-state index in [1.165, 1.54) is 31.9 Å². The molecule has 4 nitrogen and oxygen atoms in total. The van der Waals surface area contributed by atoms with Crippen LogP contribution in [0.5, 0.6) is 0 Å². The third-order valence-electron chi connectivity index (χ3n) is 1.04. The number of methoxy groups -OCH3 is 1. The molecule has 0 N–H and O–H groups in total. The zero-order valence-electron chi connectivity index (χ0n) is 5.98. The average Bonchev–Trinajstić information content (AvgIpc) is 2.52. The van der Waals surface area contributed by atoms with E-state index in [9.17, 15) is 4.79 Å². The Bertz CT molecular complexity index is 251. The molecular weight excluding hydrogens is 146 g/mol. The Kier molecular flexibility index (Phi) is 2.43. The molecular formula is C7H7NO3. The third-order valence-corrected chi connectivity index (χ3v) is 1.04. The van der Waals surface area contributed by atoms with Crippen LogP contribution in [0.2, 0.25) is 0 Å². The predicted molar refractivity (Wildman–Crippen MR) is 37.6 cm³/mol. The highest BCUT2D eigenvalue weighted by atomic mass is 16.5. The van der Waals surface area contributed by atoms with Crippen LogP contribution >= 0.6 is 0 Å². The lowest BCUT2D eigenvalue weighted by molar-refractivity contribution is -0.134. The van der Waals surface area contributed by atoms with Crippen LogP contribution in [-0.4, -0.2) is 18.1 Å². The van der Waals surface area contributed by atoms with Crippen molar-refractivity contribution < 1.29 is 13.9 Å². The van der Waals surface area contributed by atoms with Gasteiger partial charge in [0.05, 0.1) is 7.11 Å². The zero-order chi connectivity index (χ0) is 8.10. The summed E-state index contributed by atoms with van der Waals surface area (Å²) in [4.78, 5) is 14.3. The van der Waals surface area contributed by atoms with E-state index in [1.54, 1.807) is 0 Å². The van der Waals surface area contributed by atoms with Gasteiger partial charge >= 0.3 is 5.97 Å². The fraction of sp³-hybridized carbons (Fsp3) is 0.143. The van der Waals surface area contributed by atoms with Gasteiger partial charge in [-0.3, -0.25) is 0 Å². The van der Waals surface area contributed by atoms with Crippen molar-refractivity contribution >= 4 is 12.0 Å². The number of carbonyl (C=O) groups is 1. The minimum absolute atomic E-state index is 0.409. The van der Waals surface area contributed by atoms with Gasteiger partial charge in [-0.2, -0.15) is 0 Å². The molecule has 0 bridgehead atoms. The van der Waals surface area contributed by atoms with Gasteiger partial charge in [0.15, 0.2) is 6.39 Å². The molecule has 0 aromatic carbocycles. The second-order valence-corrected chi connectivity index (χ2v) is 1.77. The summed E-state index contributed by atoms with van der Waals surface area (Å²) in [6.45, 7) is 0. The summed E-state index contributed by atoms with van der Waals surface area (Å²) in [5.74, 6) is -0.409. The van der Waals surface area contributed by atoms with Crippen LogP contribution in [0, 0.1) is 0 Å². The number of aromatic nitrogens is 1. The Balaban J connectivity index is 2.55. The first kappa shape index (κ1) is 7.53. The van der Waals surface area contributed by atoms with Crippen LogP contribution in [0.3, 0.4) is 0 Å². The number of rotatable bonds is 2. The highest BCUT2D eigenvalue weighted by Crippen LogP contribution is 1.96. The number of ether oxygens (including phenoxy) is 1. The fourth-order valence-corrected chi connectivity index (χ4v) is 0.526. The first-order valence-electron chi connectivity index (χ1n) is 2.97. The molecule has 0 amide bonds. The fourth-order valence-electron chi connectivity index (χ4n) is 0.526. The molecule has 58 valence electrons. The quantitative estimate of drug-likeness (QED) is 0.467. The second-order valence-electron chi connectivity index (χ2n) is 1.77. The maximum atomic E-state index is 10.5. The predicted octanol–water partition coefficient (Wildman–Crippen LogP) is 0.861. The molecule has 0 atom stereocenters. The lowest BCUT2D eigenvalue weighted by Gasteiger charge is -1.86. The number of hydrogen-bond donors (Lipinski definition) is 0. The molecule has 0 spiro atoms. The highest BCUT2D eigenvalue weighted by Gasteiger charge is 1.92. The summed E-state index contributed by atoms with van der Waals surface area (Å²) in [7, 11) is 1.31. The SMILES string of the molecule is COC(=O)/C=C/c1cocn1. The molecule has 11 heavy (non-hydrogen) atoms. The van der Waals surface area contributed by atoms with Crippen molar-refractivity contribution in [3.63, 3.8) is 0 Å². The van der Waals surface area contributed by atoms with Gasteiger partial charge < -0.3 is 9.15 Å². The van der Waals surface area contributed by atoms with E-state index >= 15 is 0 Å². The van der Waals surface area contributed by atoms with E-state index < -0.39 is 5.97 Å². The van der Waals surface area contributed by atoms with E-state index in [2.05, 4.69) is 14.1 Å². The van der Waals surface area contributed by atoms with Gasteiger partial charge in [-0.25, -0.2) is 9.78 Å². The van der Waals surface area contributed by atoms with E-state index in [0.717, 1.165) is 0 Å². The lowest BCUT2D eigenvalue weighted by atomic mass is 10.4. The first-order chi connectivity index (χ1) is 5.33. The molecule has 1 aromatic rings. The third kappa shape index (κ3) is 2.25. The molecule has 0 saturated heterocycles. The molecule has 4 heteroatoms. The van der Waals surface area contributed by atoms with Gasteiger partial charge in [0.2, 0.25) is 0 Å². The zero-order valence-corrected chi connectivity index (χ0v) is 5.98. The minimum atomic E-state index is -0.409. The van der Waals surface area contributed by atoms with E-state index in [0.29, 0.717) is 5.69 Å². The van der Waals surface area contributed by atoms with Crippen molar-refractivity contribution in [2.45, 2.75) is 0 Å². The molecule has 1 heterocycles. The van der Waals surface area contributed by atoms with Gasteiger partial charge in [-0.15, -0.1) is 0 Å². The largest absolute Gasteiger partial charge is 0.466 e. The molecule has 0 fully saturated rings. The van der Waals surface area contributed by atoms with E-state index in [-0.39, 0.29) is 0 Å². The lowest BCUT2D eigenvalue weighted by Crippen LogP contribution is -1.93. The number of carbonyl (C=O) groups excluding carboxylic acids is 1. The van der Waals surface area contributed by atoms with Crippen LogP contribution in [0.4, 0.5) is 0 Å². The monoisotopic (exact) mass is 153 g/mol. The van der Waals surface area contributed by atoms with Gasteiger partial charge in [0.25, 0.3) is 0 Å². The topological polar surface area (TPSA) is 52.3 Å². The molecule has 0 aliphatic heterocycles. The van der Waals surface area contributed by atoms with Gasteiger partial charge in [-0.1, -0.05) is 0 Å². The number of esters is 1. The summed E-state index contributed by atoms with van der Waals surface area (Å²) in [6.07, 6.45) is 5.50. The molecule has 0 saturated carbocycles. The number of oxazole rings is 1. The number of nitrogens with zero attached hydrogens (tertiary/aromatic N) is 1. The Labute approximate surface area is 63.5 Å². The maximum absolute atomic E-state index is 10.5. The van der Waals surface area contributed by atoms with E-state index in [4.69, 9.17) is 0 Å². The van der Waals surface area contributed by atoms with Gasteiger partial charge in [-0.05, 0) is 6.08 Å². The summed E-state index contributed by atoms with van der Waals surface area (Å²) in [5.41, 5.74) is 0.593. The molecule has 0 unspecified atom stereocenters. The molecule has 0 radical (unpaired) electrons. The van der Waals surface area contributed by atoms with Crippen molar-refractivity contribution in [2.75, 3.05) is 7.11 Å². The van der Waals surface area contributed by atoms with Crippen molar-refractivity contribution in [3.8, 4) is 0 Å². The molecule has 1 rings (SSSR count). The number of hydrogen-bond acceptors (Lipinski definition) is 4. The van der Waals surface area contributed by atoms with E-state index in [1.807, 2.05) is 0 Å². The van der Waals surface area contributed by atoms with Crippen LogP contribution in [0.15, 0.2) is 23.1 Å². The second kappa shape index (κ2) is 3.55. The molecule has 0 aliphatic carbocycles. The van der Waals surface area contributed by atoms with Crippen molar-refractivity contribution in [1.82, 2.24) is 4.98 Å². The molecule has 1 aromatic heterocycles. The normalized spacial score (nSPS) is 10.3. The van der Waals surface area contributed by atoms with Crippen molar-refractivity contribution in [1.29, 1.82) is 0 Å². The van der Waals surface area contributed by atoms with Crippen LogP contribution in [0.25, 0.3) is 6.08 Å². The van der Waals surface area contributed by atoms with Crippen LogP contribution in [0.1, 0.15) is 5.69 Å². The summed E-state index contributed by atoms with van der Waals surface area (Å²) < 4.78 is 9.03. The Morgan fingerprint density at radius 2 is 2.64 bits per heavy atom. The highest BCUT2D eigenvalue weighted by molar-refractivity contribution is 5.86. The Morgan fingerprint density at radius 3 is 3.18 bits per heavy atom. The summed E-state index contributed by atoms with van der Waals surface area (Å²) in [6, 6.07) is 0. The maximum Gasteiger partial charge on any atom is 0.330 e. The average molecular weight is 153 g/mol. The minimum Gasteiger partial charge on any atom is -0.466 e. The standard InChI is InChI=1S/C7H7NO3/c1-10-7(9)3-2-6-4-11-5-8-6/h2-5H,1H3/b3-2+. The van der Waals surface area contributed by atoms with Crippen molar-refractivity contribution in [3.05, 3.63) is 24.4 Å². The van der Waals surface area contributed by atoms with Gasteiger partial charge in [0, 0.05) is 6.08 Å². The first-order valence-corrected chi connectivity index (χ1v) is 2.97. The molecule has 0 aliphatic rings. The Morgan fingerprint density at radius 1 is 1.82 bits per heavy atom. The Hall–Kier alpha value is -1.58. The van der Waals surface area contributed by atoms with Crippen LogP contribution < -0.4 is 0 Å². The van der Waals surface area contributed by atoms with Crippen molar-refractivity contribution in [2.24, 2.45) is 0 Å². The van der Waals surface area contributed by atoms with Crippen LogP contribution in [-0.2, 0) is 9.53 Å². The smallest absolute Gasteiger partial charge is 0.330 e. The summed E-state index contributed by atoms with van der Waals surface area (Å²) in [5, 5.41) is 0. The summed E-state index contributed by atoms with van der Waals surface area (Å²) >= 11 is 0. The van der Waals surface area contributed by atoms with Gasteiger partial charge in [0.1, 0.15) is 12.0 Å².